The number of fused-ring (bicyclic) bond motifs is 2. The minimum Gasteiger partial charge on any atom is -0.467 e. The van der Waals surface area contributed by atoms with Crippen LogP contribution in [0.3, 0.4) is 0 Å². The highest BCUT2D eigenvalue weighted by Crippen LogP contribution is 2.28. The second-order valence-corrected chi connectivity index (χ2v) is 6.87. The van der Waals surface area contributed by atoms with Crippen LogP contribution in [0.2, 0.25) is 5.02 Å². The Bertz CT molecular complexity index is 1390. The van der Waals surface area contributed by atoms with Crippen molar-refractivity contribution < 1.29 is 4.42 Å². The van der Waals surface area contributed by atoms with Gasteiger partial charge >= 0.3 is 0 Å². The molecule has 8 heteroatoms. The van der Waals surface area contributed by atoms with Crippen molar-refractivity contribution in [1.82, 2.24) is 24.1 Å². The predicted octanol–water partition coefficient (Wildman–Crippen LogP) is 3.71. The van der Waals surface area contributed by atoms with Crippen molar-refractivity contribution in [2.75, 3.05) is 0 Å². The molecule has 0 aliphatic carbocycles. The van der Waals surface area contributed by atoms with Crippen LogP contribution >= 0.6 is 11.6 Å². The zero-order valence-corrected chi connectivity index (χ0v) is 15.6. The number of rotatable bonds is 3. The molecule has 0 fully saturated rings. The van der Waals surface area contributed by atoms with Crippen LogP contribution in [0.25, 0.3) is 27.9 Å². The zero-order chi connectivity index (χ0) is 19.3. The molecule has 4 heterocycles. The molecule has 0 spiro atoms. The molecule has 0 aliphatic rings. The number of aryl methyl sites for hydroxylation is 1. The van der Waals surface area contributed by atoms with E-state index in [1.54, 1.807) is 52.7 Å². The Morgan fingerprint density at radius 1 is 1.14 bits per heavy atom. The molecule has 5 rings (SSSR count). The second-order valence-electron chi connectivity index (χ2n) is 6.43. The summed E-state index contributed by atoms with van der Waals surface area (Å²) in [4.78, 5) is 22.3. The van der Waals surface area contributed by atoms with Crippen LogP contribution in [0.15, 0.2) is 64.1 Å². The van der Waals surface area contributed by atoms with E-state index in [0.717, 1.165) is 5.56 Å². The average molecular weight is 392 g/mol. The molecule has 1 aromatic carbocycles. The van der Waals surface area contributed by atoms with Crippen molar-refractivity contribution in [3.05, 3.63) is 81.9 Å². The molecule has 5 aromatic rings. The van der Waals surface area contributed by atoms with Crippen molar-refractivity contribution in [3.8, 4) is 11.3 Å². The van der Waals surface area contributed by atoms with Gasteiger partial charge in [0.2, 0.25) is 0 Å². The fourth-order valence-electron chi connectivity index (χ4n) is 3.32. The first-order chi connectivity index (χ1) is 13.6. The number of nitrogens with zero attached hydrogens (tertiary/aromatic N) is 5. The lowest BCUT2D eigenvalue weighted by atomic mass is 10.1. The molecule has 0 saturated heterocycles. The minimum atomic E-state index is -0.188. The second kappa shape index (κ2) is 6.31. The number of pyridine rings is 1. The van der Waals surface area contributed by atoms with Crippen LogP contribution < -0.4 is 5.56 Å². The molecule has 0 aliphatic heterocycles. The van der Waals surface area contributed by atoms with Gasteiger partial charge in [-0.3, -0.25) is 4.79 Å². The van der Waals surface area contributed by atoms with E-state index >= 15 is 0 Å². The van der Waals surface area contributed by atoms with Gasteiger partial charge < -0.3 is 8.98 Å². The molecule has 0 radical (unpaired) electrons. The lowest BCUT2D eigenvalue weighted by Gasteiger charge is -2.11. The Hall–Kier alpha value is -3.45. The van der Waals surface area contributed by atoms with Gasteiger partial charge in [-0.05, 0) is 37.3 Å². The summed E-state index contributed by atoms with van der Waals surface area (Å²) in [5, 5.41) is 5.47. The first kappa shape index (κ1) is 16.7. The first-order valence-corrected chi connectivity index (χ1v) is 9.03. The molecular formula is C20H14ClN5O2. The maximum Gasteiger partial charge on any atom is 0.262 e. The van der Waals surface area contributed by atoms with E-state index < -0.39 is 0 Å². The normalized spacial score (nSPS) is 11.5. The van der Waals surface area contributed by atoms with E-state index in [-0.39, 0.29) is 5.56 Å². The van der Waals surface area contributed by atoms with E-state index in [1.807, 2.05) is 18.2 Å². The van der Waals surface area contributed by atoms with Crippen LogP contribution in [0.1, 0.15) is 11.6 Å². The molecule has 7 nitrogen and oxygen atoms in total. The fraction of sp³-hybridized carbons (Fsp3) is 0.100. The lowest BCUT2D eigenvalue weighted by Crippen LogP contribution is -2.21. The quantitative estimate of drug-likeness (QED) is 0.468. The molecule has 0 bridgehead atoms. The largest absolute Gasteiger partial charge is 0.467 e. The summed E-state index contributed by atoms with van der Waals surface area (Å²) in [5.74, 6) is 1.70. The summed E-state index contributed by atoms with van der Waals surface area (Å²) in [7, 11) is 0. The maximum atomic E-state index is 13.4. The number of halogens is 1. The summed E-state index contributed by atoms with van der Waals surface area (Å²) in [5.41, 5.74) is 1.74. The summed E-state index contributed by atoms with van der Waals surface area (Å²) >= 11 is 6.21. The Labute approximate surface area is 163 Å². The Balaban J connectivity index is 1.87. The molecule has 0 amide bonds. The molecule has 0 saturated carbocycles. The van der Waals surface area contributed by atoms with Gasteiger partial charge in [-0.2, -0.15) is 9.50 Å². The van der Waals surface area contributed by atoms with Crippen LogP contribution in [0, 0.1) is 6.92 Å². The van der Waals surface area contributed by atoms with E-state index in [0.29, 0.717) is 45.5 Å². The van der Waals surface area contributed by atoms with Crippen molar-refractivity contribution in [1.29, 1.82) is 0 Å². The van der Waals surface area contributed by atoms with E-state index in [4.69, 9.17) is 16.0 Å². The lowest BCUT2D eigenvalue weighted by molar-refractivity contribution is 0.490. The Morgan fingerprint density at radius 2 is 2.04 bits per heavy atom. The topological polar surface area (TPSA) is 78.2 Å². The van der Waals surface area contributed by atoms with Crippen LogP contribution in [-0.2, 0) is 6.54 Å². The van der Waals surface area contributed by atoms with Crippen molar-refractivity contribution in [3.63, 3.8) is 0 Å². The zero-order valence-electron chi connectivity index (χ0n) is 14.8. The minimum absolute atomic E-state index is 0.188. The number of benzene rings is 1. The monoisotopic (exact) mass is 391 g/mol. The highest BCUT2D eigenvalue weighted by atomic mass is 35.5. The molecular weight excluding hydrogens is 378 g/mol. The molecule has 138 valence electrons. The third-order valence-electron chi connectivity index (χ3n) is 4.51. The smallest absolute Gasteiger partial charge is 0.262 e. The Morgan fingerprint density at radius 3 is 2.82 bits per heavy atom. The first-order valence-electron chi connectivity index (χ1n) is 8.65. The third kappa shape index (κ3) is 2.68. The van der Waals surface area contributed by atoms with Gasteiger partial charge in [0.25, 0.3) is 11.3 Å². The maximum absolute atomic E-state index is 13.4. The van der Waals surface area contributed by atoms with Gasteiger partial charge in [-0.1, -0.05) is 23.7 Å². The number of hydrogen-bond acceptors (Lipinski definition) is 5. The molecule has 28 heavy (non-hydrogen) atoms. The van der Waals surface area contributed by atoms with Crippen LogP contribution in [0.4, 0.5) is 0 Å². The highest BCUT2D eigenvalue weighted by molar-refractivity contribution is 6.30. The number of hydrogen-bond donors (Lipinski definition) is 0. The fourth-order valence-corrected chi connectivity index (χ4v) is 3.51. The number of aromatic nitrogens is 5. The SMILES string of the molecule is Cc1nc2nc3ccn(Cc4ccco4)c(=O)c3c(-c3cccc(Cl)c3)n2n1. The van der Waals surface area contributed by atoms with Gasteiger partial charge in [-0.25, -0.2) is 4.98 Å². The van der Waals surface area contributed by atoms with Gasteiger partial charge in [-0.15, -0.1) is 5.10 Å². The van der Waals surface area contributed by atoms with Crippen molar-refractivity contribution in [2.24, 2.45) is 0 Å². The van der Waals surface area contributed by atoms with Crippen molar-refractivity contribution >= 4 is 28.3 Å². The van der Waals surface area contributed by atoms with Gasteiger partial charge in [0.1, 0.15) is 11.6 Å². The van der Waals surface area contributed by atoms with Crippen LogP contribution in [-0.4, -0.2) is 24.1 Å². The Kier molecular flexibility index (Phi) is 3.77. The average Bonchev–Trinajstić information content (AvgIpc) is 3.31. The molecule has 4 aromatic heterocycles. The summed E-state index contributed by atoms with van der Waals surface area (Å²) in [6.07, 6.45) is 3.30. The predicted molar refractivity (Wildman–Crippen MR) is 106 cm³/mol. The van der Waals surface area contributed by atoms with Crippen molar-refractivity contribution in [2.45, 2.75) is 13.5 Å². The van der Waals surface area contributed by atoms with Gasteiger partial charge in [0, 0.05) is 16.8 Å². The number of furan rings is 1. The summed E-state index contributed by atoms with van der Waals surface area (Å²) in [6, 6.07) is 12.7. The standard InChI is InChI=1S/C20H14ClN5O2/c1-12-22-20-23-16-7-8-25(11-15-6-3-9-28-15)19(27)17(16)18(26(20)24-12)13-4-2-5-14(21)10-13/h2-10H,11H2,1H3. The highest BCUT2D eigenvalue weighted by Gasteiger charge is 2.18. The van der Waals surface area contributed by atoms with E-state index in [9.17, 15) is 4.79 Å². The molecule has 0 N–H and O–H groups in total. The van der Waals surface area contributed by atoms with E-state index in [1.165, 1.54) is 0 Å². The van der Waals surface area contributed by atoms with Gasteiger partial charge in [0.05, 0.1) is 29.4 Å². The van der Waals surface area contributed by atoms with E-state index in [2.05, 4.69) is 15.1 Å². The van der Waals surface area contributed by atoms with Gasteiger partial charge in [0.15, 0.2) is 0 Å². The molecule has 0 unspecified atom stereocenters. The third-order valence-corrected chi connectivity index (χ3v) is 4.75. The summed E-state index contributed by atoms with van der Waals surface area (Å²) < 4.78 is 8.58. The van der Waals surface area contributed by atoms with Crippen LogP contribution in [0.5, 0.6) is 0 Å². The summed E-state index contributed by atoms with van der Waals surface area (Å²) in [6.45, 7) is 2.11. The molecule has 0 atom stereocenters.